The summed E-state index contributed by atoms with van der Waals surface area (Å²) in [7, 11) is 0. The van der Waals surface area contributed by atoms with Gasteiger partial charge in [0.25, 0.3) is 5.91 Å². The summed E-state index contributed by atoms with van der Waals surface area (Å²) < 4.78 is 19.9. The van der Waals surface area contributed by atoms with E-state index in [1.807, 2.05) is 39.0 Å². The second kappa shape index (κ2) is 11.3. The van der Waals surface area contributed by atoms with Crippen molar-refractivity contribution in [2.75, 3.05) is 13.2 Å². The van der Waals surface area contributed by atoms with E-state index in [0.29, 0.717) is 17.9 Å². The molecule has 2 rings (SSSR count). The lowest BCUT2D eigenvalue weighted by molar-refractivity contribution is -0.142. The number of carbonyl (C=O) groups is 2. The molecule has 6 heteroatoms. The quantitative estimate of drug-likeness (QED) is 0.594. The monoisotopic (exact) mass is 414 g/mol. The molecule has 30 heavy (non-hydrogen) atoms. The molecule has 0 saturated carbocycles. The maximum absolute atomic E-state index is 14.2. The molecule has 162 valence electrons. The Balaban J connectivity index is 2.16. The first-order chi connectivity index (χ1) is 14.3. The summed E-state index contributed by atoms with van der Waals surface area (Å²) >= 11 is 0. The topological polar surface area (TPSA) is 58.6 Å². The molecule has 1 atom stereocenters. The van der Waals surface area contributed by atoms with Crippen LogP contribution in [-0.2, 0) is 16.1 Å². The Hall–Kier alpha value is -2.89. The van der Waals surface area contributed by atoms with Crippen LogP contribution in [0.3, 0.4) is 0 Å². The van der Waals surface area contributed by atoms with E-state index >= 15 is 0 Å². The number of aryl methyl sites for hydroxylation is 2. The van der Waals surface area contributed by atoms with Crippen molar-refractivity contribution in [2.24, 2.45) is 0 Å². The third-order valence-corrected chi connectivity index (χ3v) is 4.99. The van der Waals surface area contributed by atoms with Crippen molar-refractivity contribution in [3.63, 3.8) is 0 Å². The molecule has 0 heterocycles. The average Bonchev–Trinajstić information content (AvgIpc) is 2.73. The van der Waals surface area contributed by atoms with Crippen LogP contribution in [0.5, 0.6) is 5.75 Å². The zero-order valence-corrected chi connectivity index (χ0v) is 18.2. The normalized spacial score (nSPS) is 11.6. The van der Waals surface area contributed by atoms with Gasteiger partial charge >= 0.3 is 0 Å². The zero-order valence-electron chi connectivity index (χ0n) is 18.2. The van der Waals surface area contributed by atoms with E-state index in [9.17, 15) is 14.0 Å². The first-order valence-corrected chi connectivity index (χ1v) is 10.3. The van der Waals surface area contributed by atoms with E-state index < -0.39 is 11.9 Å². The SMILES string of the molecule is CCCCNC(=O)[C@@H](C)N(Cc1ccccc1F)C(=O)COc1cc(C)ccc1C. The van der Waals surface area contributed by atoms with Gasteiger partial charge in [0.2, 0.25) is 5.91 Å². The van der Waals surface area contributed by atoms with Crippen LogP contribution >= 0.6 is 0 Å². The highest BCUT2D eigenvalue weighted by atomic mass is 19.1. The van der Waals surface area contributed by atoms with Gasteiger partial charge in [0.05, 0.1) is 0 Å². The molecule has 5 nitrogen and oxygen atoms in total. The third kappa shape index (κ3) is 6.58. The summed E-state index contributed by atoms with van der Waals surface area (Å²) in [4.78, 5) is 26.9. The van der Waals surface area contributed by atoms with Crippen molar-refractivity contribution in [2.45, 2.75) is 53.1 Å². The molecule has 0 saturated heterocycles. The van der Waals surface area contributed by atoms with Gasteiger partial charge in [0, 0.05) is 18.7 Å². The van der Waals surface area contributed by atoms with E-state index in [2.05, 4.69) is 5.32 Å². The number of carbonyl (C=O) groups excluding carboxylic acids is 2. The van der Waals surface area contributed by atoms with Gasteiger partial charge in [0.15, 0.2) is 6.61 Å². The average molecular weight is 415 g/mol. The lowest BCUT2D eigenvalue weighted by Gasteiger charge is -2.29. The Morgan fingerprint density at radius 1 is 1.17 bits per heavy atom. The van der Waals surface area contributed by atoms with Gasteiger partial charge in [0.1, 0.15) is 17.6 Å². The number of hydrogen-bond acceptors (Lipinski definition) is 3. The number of rotatable bonds is 10. The lowest BCUT2D eigenvalue weighted by Crippen LogP contribution is -2.49. The van der Waals surface area contributed by atoms with Gasteiger partial charge in [-0.1, -0.05) is 43.7 Å². The van der Waals surface area contributed by atoms with Crippen molar-refractivity contribution in [1.29, 1.82) is 0 Å². The molecule has 2 aromatic rings. The summed E-state index contributed by atoms with van der Waals surface area (Å²) in [6.45, 7) is 7.84. The van der Waals surface area contributed by atoms with Gasteiger partial charge in [-0.2, -0.15) is 0 Å². The Bertz CT molecular complexity index is 869. The molecule has 0 unspecified atom stereocenters. The summed E-state index contributed by atoms with van der Waals surface area (Å²) in [5, 5.41) is 2.84. The van der Waals surface area contributed by atoms with Crippen LogP contribution in [-0.4, -0.2) is 35.9 Å². The Kier molecular flexibility index (Phi) is 8.84. The van der Waals surface area contributed by atoms with Crippen molar-refractivity contribution < 1.29 is 18.7 Å². The lowest BCUT2D eigenvalue weighted by atomic mass is 10.1. The maximum Gasteiger partial charge on any atom is 0.261 e. The van der Waals surface area contributed by atoms with Crippen molar-refractivity contribution >= 4 is 11.8 Å². The molecular weight excluding hydrogens is 383 g/mol. The third-order valence-electron chi connectivity index (χ3n) is 4.99. The molecule has 2 aromatic carbocycles. The molecule has 0 aliphatic rings. The maximum atomic E-state index is 14.2. The van der Waals surface area contributed by atoms with Crippen LogP contribution in [0, 0.1) is 19.7 Å². The second-order valence-electron chi connectivity index (χ2n) is 7.49. The number of unbranched alkanes of at least 4 members (excludes halogenated alkanes) is 1. The van der Waals surface area contributed by atoms with Gasteiger partial charge in [-0.15, -0.1) is 0 Å². The fourth-order valence-electron chi connectivity index (χ4n) is 3.01. The number of halogens is 1. The van der Waals surface area contributed by atoms with E-state index in [4.69, 9.17) is 4.74 Å². The Morgan fingerprint density at radius 3 is 2.60 bits per heavy atom. The highest BCUT2D eigenvalue weighted by molar-refractivity contribution is 5.88. The van der Waals surface area contributed by atoms with E-state index in [1.165, 1.54) is 11.0 Å². The first kappa shape index (κ1) is 23.4. The Morgan fingerprint density at radius 2 is 1.90 bits per heavy atom. The highest BCUT2D eigenvalue weighted by Crippen LogP contribution is 2.20. The Labute approximate surface area is 178 Å². The molecule has 1 N–H and O–H groups in total. The minimum Gasteiger partial charge on any atom is -0.483 e. The number of benzene rings is 2. The van der Waals surface area contributed by atoms with Crippen molar-refractivity contribution in [3.05, 3.63) is 65.0 Å². The van der Waals surface area contributed by atoms with Gasteiger partial charge in [-0.05, 0) is 50.5 Å². The molecular formula is C24H31FN2O3. The van der Waals surface area contributed by atoms with Crippen LogP contribution in [0.25, 0.3) is 0 Å². The smallest absolute Gasteiger partial charge is 0.261 e. The number of nitrogens with one attached hydrogen (secondary N) is 1. The molecule has 0 aliphatic carbocycles. The molecule has 0 aromatic heterocycles. The van der Waals surface area contributed by atoms with Gasteiger partial charge in [-0.25, -0.2) is 4.39 Å². The van der Waals surface area contributed by atoms with Crippen molar-refractivity contribution in [1.82, 2.24) is 10.2 Å². The number of amides is 2. The van der Waals surface area contributed by atoms with Gasteiger partial charge in [-0.3, -0.25) is 9.59 Å². The molecule has 0 aliphatic heterocycles. The number of nitrogens with zero attached hydrogens (tertiary/aromatic N) is 1. The molecule has 0 fully saturated rings. The minimum absolute atomic E-state index is 0.00989. The second-order valence-corrected chi connectivity index (χ2v) is 7.49. The highest BCUT2D eigenvalue weighted by Gasteiger charge is 2.27. The summed E-state index contributed by atoms with van der Waals surface area (Å²) in [5.74, 6) is -0.434. The fraction of sp³-hybridized carbons (Fsp3) is 0.417. The van der Waals surface area contributed by atoms with E-state index in [-0.39, 0.29) is 25.0 Å². The molecule has 0 radical (unpaired) electrons. The molecule has 0 bridgehead atoms. The predicted octanol–water partition coefficient (Wildman–Crippen LogP) is 4.15. The van der Waals surface area contributed by atoms with Gasteiger partial charge < -0.3 is 15.0 Å². The van der Waals surface area contributed by atoms with Crippen LogP contribution in [0.2, 0.25) is 0 Å². The summed E-state index contributed by atoms with van der Waals surface area (Å²) in [5.41, 5.74) is 2.29. The largest absolute Gasteiger partial charge is 0.483 e. The predicted molar refractivity (Wildman–Crippen MR) is 116 cm³/mol. The molecule has 2 amide bonds. The standard InChI is InChI=1S/C24H31FN2O3/c1-5-6-13-26-24(29)19(4)27(15-20-9-7-8-10-21(20)25)23(28)16-30-22-14-17(2)11-12-18(22)3/h7-12,14,19H,5-6,13,15-16H2,1-4H3,(H,26,29)/t19-/m1/s1. The van der Waals surface area contributed by atoms with Crippen LogP contribution < -0.4 is 10.1 Å². The van der Waals surface area contributed by atoms with E-state index in [0.717, 1.165) is 24.0 Å². The summed E-state index contributed by atoms with van der Waals surface area (Å²) in [6, 6.07) is 11.3. The first-order valence-electron chi connectivity index (χ1n) is 10.3. The van der Waals surface area contributed by atoms with Crippen molar-refractivity contribution in [3.8, 4) is 5.75 Å². The van der Waals surface area contributed by atoms with Crippen LogP contribution in [0.4, 0.5) is 4.39 Å². The van der Waals surface area contributed by atoms with Crippen LogP contribution in [0.15, 0.2) is 42.5 Å². The minimum atomic E-state index is -0.754. The number of ether oxygens (including phenoxy) is 1. The van der Waals surface area contributed by atoms with E-state index in [1.54, 1.807) is 25.1 Å². The summed E-state index contributed by atoms with van der Waals surface area (Å²) in [6.07, 6.45) is 1.81. The zero-order chi connectivity index (χ0) is 22.1. The number of hydrogen-bond donors (Lipinski definition) is 1. The van der Waals surface area contributed by atoms with Crippen LogP contribution in [0.1, 0.15) is 43.4 Å². The molecule has 0 spiro atoms. The fourth-order valence-corrected chi connectivity index (χ4v) is 3.01.